The Labute approximate surface area is 162 Å². The van der Waals surface area contributed by atoms with Crippen molar-refractivity contribution in [2.45, 2.75) is 25.7 Å². The first kappa shape index (κ1) is 18.5. The Bertz CT molecular complexity index is 882. The van der Waals surface area contributed by atoms with Crippen LogP contribution in [0.15, 0.2) is 36.5 Å². The number of urea groups is 1. The number of carboxylic acid groups (broad SMARTS) is 1. The summed E-state index contributed by atoms with van der Waals surface area (Å²) in [6.07, 6.45) is 4.79. The summed E-state index contributed by atoms with van der Waals surface area (Å²) in [5, 5.41) is 16.9. The molecule has 1 aliphatic carbocycles. The lowest BCUT2D eigenvalue weighted by Gasteiger charge is -2.23. The quantitative estimate of drug-likeness (QED) is 0.826. The van der Waals surface area contributed by atoms with Crippen molar-refractivity contribution in [2.75, 3.05) is 19.6 Å². The minimum absolute atomic E-state index is 0.0576. The van der Waals surface area contributed by atoms with Gasteiger partial charge < -0.3 is 15.3 Å². The van der Waals surface area contributed by atoms with E-state index in [9.17, 15) is 19.1 Å². The van der Waals surface area contributed by atoms with E-state index in [1.54, 1.807) is 27.9 Å². The van der Waals surface area contributed by atoms with Crippen LogP contribution in [0.2, 0.25) is 0 Å². The highest BCUT2D eigenvalue weighted by atomic mass is 19.1. The van der Waals surface area contributed by atoms with E-state index >= 15 is 0 Å². The summed E-state index contributed by atoms with van der Waals surface area (Å²) in [5.74, 6) is -1.02. The second-order valence-corrected chi connectivity index (χ2v) is 7.64. The minimum Gasteiger partial charge on any atom is -0.481 e. The predicted molar refractivity (Wildman–Crippen MR) is 99.6 cm³/mol. The molecular weight excluding hydrogens is 363 g/mol. The van der Waals surface area contributed by atoms with Crippen LogP contribution >= 0.6 is 0 Å². The maximum absolute atomic E-state index is 13.0. The van der Waals surface area contributed by atoms with Crippen LogP contribution in [-0.4, -0.2) is 51.4 Å². The highest BCUT2D eigenvalue weighted by Crippen LogP contribution is 2.48. The Balaban J connectivity index is 1.29. The summed E-state index contributed by atoms with van der Waals surface area (Å²) >= 11 is 0. The standard InChI is InChI=1S/C20H23FN4O3/c21-15-3-5-17(6-4-15)25-11-8-16(23-25)7-10-22-19(28)24-12-14-2-1-9-20(14,13-24)18(26)27/h3-6,8,11,14H,1-2,7,9-10,12-13H2,(H,22,28)(H,26,27)/t14-,20+/m0/s1. The lowest BCUT2D eigenvalue weighted by atomic mass is 9.81. The minimum atomic E-state index is -0.781. The van der Waals surface area contributed by atoms with E-state index in [1.165, 1.54) is 12.1 Å². The number of rotatable bonds is 5. The summed E-state index contributed by atoms with van der Waals surface area (Å²) < 4.78 is 14.7. The molecule has 2 N–H and O–H groups in total. The van der Waals surface area contributed by atoms with Crippen LogP contribution in [0.4, 0.5) is 9.18 Å². The van der Waals surface area contributed by atoms with Gasteiger partial charge in [0.25, 0.3) is 0 Å². The fourth-order valence-electron chi connectivity index (χ4n) is 4.44. The number of halogens is 1. The van der Waals surface area contributed by atoms with Gasteiger partial charge in [0.1, 0.15) is 5.82 Å². The molecule has 4 rings (SSSR count). The highest BCUT2D eigenvalue weighted by molar-refractivity contribution is 5.80. The zero-order valence-corrected chi connectivity index (χ0v) is 15.5. The Morgan fingerprint density at radius 3 is 2.79 bits per heavy atom. The van der Waals surface area contributed by atoms with Crippen molar-refractivity contribution in [3.05, 3.63) is 48.0 Å². The molecule has 2 heterocycles. The maximum atomic E-state index is 13.0. The smallest absolute Gasteiger partial charge is 0.317 e. The van der Waals surface area contributed by atoms with Gasteiger partial charge in [-0.3, -0.25) is 4.79 Å². The lowest BCUT2D eigenvalue weighted by Crippen LogP contribution is -2.42. The second-order valence-electron chi connectivity index (χ2n) is 7.64. The van der Waals surface area contributed by atoms with Crippen molar-refractivity contribution >= 4 is 12.0 Å². The molecule has 1 saturated carbocycles. The Hall–Kier alpha value is -2.90. The number of nitrogens with zero attached hydrogens (tertiary/aromatic N) is 3. The molecule has 1 aromatic carbocycles. The third kappa shape index (κ3) is 3.34. The Kier molecular flexibility index (Phi) is 4.78. The van der Waals surface area contributed by atoms with Crippen molar-refractivity contribution in [3.63, 3.8) is 0 Å². The lowest BCUT2D eigenvalue weighted by molar-refractivity contribution is -0.149. The molecule has 2 aromatic rings. The number of hydrogen-bond donors (Lipinski definition) is 2. The van der Waals surface area contributed by atoms with Crippen molar-refractivity contribution < 1.29 is 19.1 Å². The fourth-order valence-corrected chi connectivity index (χ4v) is 4.44. The molecule has 2 aliphatic rings. The number of fused-ring (bicyclic) bond motifs is 1. The monoisotopic (exact) mass is 386 g/mol. The SMILES string of the molecule is O=C(NCCc1ccn(-c2ccc(F)cc2)n1)N1C[C@@H]2CCC[C@@]2(C(=O)O)C1. The first-order valence-corrected chi connectivity index (χ1v) is 9.55. The molecule has 0 radical (unpaired) electrons. The van der Waals surface area contributed by atoms with Gasteiger partial charge in [0, 0.05) is 32.3 Å². The van der Waals surface area contributed by atoms with Gasteiger partial charge in [0.15, 0.2) is 0 Å². The topological polar surface area (TPSA) is 87.5 Å². The normalized spacial score (nSPS) is 23.6. The Morgan fingerprint density at radius 1 is 1.29 bits per heavy atom. The van der Waals surface area contributed by atoms with Crippen LogP contribution in [0.1, 0.15) is 25.0 Å². The first-order chi connectivity index (χ1) is 13.5. The van der Waals surface area contributed by atoms with Gasteiger partial charge in [-0.15, -0.1) is 0 Å². The highest BCUT2D eigenvalue weighted by Gasteiger charge is 2.55. The molecule has 0 unspecified atom stereocenters. The number of likely N-dealkylation sites (tertiary alicyclic amines) is 1. The summed E-state index contributed by atoms with van der Waals surface area (Å²) in [4.78, 5) is 25.8. The molecule has 0 spiro atoms. The van der Waals surface area contributed by atoms with Gasteiger partial charge >= 0.3 is 12.0 Å². The molecule has 1 saturated heterocycles. The van der Waals surface area contributed by atoms with Gasteiger partial charge in [-0.05, 0) is 49.1 Å². The number of carbonyl (C=O) groups is 2. The summed E-state index contributed by atoms with van der Waals surface area (Å²) in [7, 11) is 0. The van der Waals surface area contributed by atoms with Crippen molar-refractivity contribution in [3.8, 4) is 5.69 Å². The van der Waals surface area contributed by atoms with E-state index in [0.717, 1.165) is 24.2 Å². The number of aromatic nitrogens is 2. The number of amides is 2. The molecule has 2 fully saturated rings. The van der Waals surface area contributed by atoms with E-state index in [-0.39, 0.29) is 24.3 Å². The molecule has 1 aromatic heterocycles. The van der Waals surface area contributed by atoms with E-state index in [0.29, 0.717) is 25.9 Å². The fraction of sp³-hybridized carbons (Fsp3) is 0.450. The van der Waals surface area contributed by atoms with Gasteiger partial charge in [-0.25, -0.2) is 13.9 Å². The molecule has 2 atom stereocenters. The molecule has 148 valence electrons. The number of aliphatic carboxylic acids is 1. The summed E-state index contributed by atoms with van der Waals surface area (Å²) in [5.41, 5.74) is 0.815. The average molecular weight is 386 g/mol. The molecule has 7 nitrogen and oxygen atoms in total. The first-order valence-electron chi connectivity index (χ1n) is 9.55. The molecular formula is C20H23FN4O3. The van der Waals surface area contributed by atoms with Gasteiger partial charge in [-0.2, -0.15) is 5.10 Å². The van der Waals surface area contributed by atoms with Crippen molar-refractivity contribution in [1.82, 2.24) is 20.0 Å². The number of benzene rings is 1. The number of nitrogens with one attached hydrogen (secondary N) is 1. The zero-order chi connectivity index (χ0) is 19.7. The van der Waals surface area contributed by atoms with Gasteiger partial charge in [-0.1, -0.05) is 6.42 Å². The third-order valence-corrected chi connectivity index (χ3v) is 5.98. The average Bonchev–Trinajstić information content (AvgIpc) is 3.36. The second kappa shape index (κ2) is 7.26. The van der Waals surface area contributed by atoms with Crippen molar-refractivity contribution in [2.24, 2.45) is 11.3 Å². The molecule has 8 heteroatoms. The van der Waals surface area contributed by atoms with Crippen LogP contribution in [0.3, 0.4) is 0 Å². The number of carbonyl (C=O) groups excluding carboxylic acids is 1. The van der Waals surface area contributed by atoms with E-state index in [1.807, 2.05) is 6.07 Å². The van der Waals surface area contributed by atoms with Crippen LogP contribution in [-0.2, 0) is 11.2 Å². The predicted octanol–water partition coefficient (Wildman–Crippen LogP) is 2.45. The van der Waals surface area contributed by atoms with Crippen LogP contribution in [0, 0.1) is 17.2 Å². The molecule has 2 amide bonds. The zero-order valence-electron chi connectivity index (χ0n) is 15.5. The van der Waals surface area contributed by atoms with E-state index < -0.39 is 11.4 Å². The largest absolute Gasteiger partial charge is 0.481 e. The molecule has 28 heavy (non-hydrogen) atoms. The summed E-state index contributed by atoms with van der Waals surface area (Å²) in [6, 6.07) is 7.70. The van der Waals surface area contributed by atoms with E-state index in [2.05, 4.69) is 10.4 Å². The Morgan fingerprint density at radius 2 is 2.07 bits per heavy atom. The van der Waals surface area contributed by atoms with Crippen LogP contribution < -0.4 is 5.32 Å². The maximum Gasteiger partial charge on any atom is 0.317 e. The number of carboxylic acids is 1. The van der Waals surface area contributed by atoms with E-state index in [4.69, 9.17) is 0 Å². The number of hydrogen-bond acceptors (Lipinski definition) is 3. The summed E-state index contributed by atoms with van der Waals surface area (Å²) in [6.45, 7) is 1.22. The van der Waals surface area contributed by atoms with Gasteiger partial charge in [0.05, 0.1) is 16.8 Å². The van der Waals surface area contributed by atoms with Crippen molar-refractivity contribution in [1.29, 1.82) is 0 Å². The molecule has 0 bridgehead atoms. The molecule has 1 aliphatic heterocycles. The third-order valence-electron chi connectivity index (χ3n) is 5.98. The van der Waals surface area contributed by atoms with Crippen LogP contribution in [0.5, 0.6) is 0 Å². The van der Waals surface area contributed by atoms with Gasteiger partial charge in [0.2, 0.25) is 0 Å². The van der Waals surface area contributed by atoms with Crippen LogP contribution in [0.25, 0.3) is 5.69 Å².